The first kappa shape index (κ1) is 14.1. The van der Waals surface area contributed by atoms with Crippen LogP contribution in [0.25, 0.3) is 10.8 Å². The van der Waals surface area contributed by atoms with E-state index in [1.165, 1.54) is 13.4 Å². The molecule has 0 radical (unpaired) electrons. The van der Waals surface area contributed by atoms with E-state index in [1.807, 2.05) is 30.3 Å². The van der Waals surface area contributed by atoms with Crippen molar-refractivity contribution in [3.63, 3.8) is 0 Å². The highest BCUT2D eigenvalue weighted by Crippen LogP contribution is 2.35. The smallest absolute Gasteiger partial charge is 0.199 e. The van der Waals surface area contributed by atoms with Crippen LogP contribution in [-0.4, -0.2) is 17.1 Å². The van der Waals surface area contributed by atoms with Gasteiger partial charge in [0.05, 0.1) is 7.11 Å². The molecule has 3 rings (SSSR count). The Morgan fingerprint density at radius 2 is 1.86 bits per heavy atom. The number of hydrogen-bond donors (Lipinski definition) is 1. The van der Waals surface area contributed by atoms with Crippen molar-refractivity contribution in [3.8, 4) is 5.75 Å². The van der Waals surface area contributed by atoms with E-state index in [9.17, 15) is 0 Å². The minimum atomic E-state index is 0.274. The van der Waals surface area contributed by atoms with E-state index in [2.05, 4.69) is 37.3 Å². The van der Waals surface area contributed by atoms with E-state index >= 15 is 0 Å². The maximum atomic E-state index is 6.02. The zero-order chi connectivity index (χ0) is 14.8. The maximum absolute atomic E-state index is 6.02. The lowest BCUT2D eigenvalue weighted by molar-refractivity contribution is 0.413. The molecule has 1 N–H and O–H groups in total. The Kier molecular flexibility index (Phi) is 3.94. The zero-order valence-corrected chi connectivity index (χ0v) is 13.4. The van der Waals surface area contributed by atoms with Gasteiger partial charge in [-0.3, -0.25) is 0 Å². The van der Waals surface area contributed by atoms with Gasteiger partial charge in [-0.2, -0.15) is 0 Å². The SMILES string of the molecule is COc1c(Cl)ncnc1Nc1ccc(Br)c2ccccc12. The third kappa shape index (κ3) is 2.66. The minimum Gasteiger partial charge on any atom is -0.490 e. The molecule has 0 amide bonds. The zero-order valence-electron chi connectivity index (χ0n) is 11.1. The highest BCUT2D eigenvalue weighted by atomic mass is 79.9. The van der Waals surface area contributed by atoms with Crippen LogP contribution in [0.1, 0.15) is 0 Å². The molecule has 2 aromatic carbocycles. The molecule has 1 heterocycles. The van der Waals surface area contributed by atoms with E-state index in [0.717, 1.165) is 20.9 Å². The van der Waals surface area contributed by atoms with Gasteiger partial charge in [0.25, 0.3) is 0 Å². The predicted molar refractivity (Wildman–Crippen MR) is 88.5 cm³/mol. The number of nitrogens with one attached hydrogen (secondary N) is 1. The molecule has 0 aliphatic heterocycles. The Balaban J connectivity index is 2.11. The summed E-state index contributed by atoms with van der Waals surface area (Å²) in [5.41, 5.74) is 0.918. The molecule has 0 aliphatic rings. The molecule has 0 unspecified atom stereocenters. The molecule has 0 atom stereocenters. The van der Waals surface area contributed by atoms with Crippen LogP contribution in [0.2, 0.25) is 5.15 Å². The third-order valence-electron chi connectivity index (χ3n) is 3.09. The van der Waals surface area contributed by atoms with Gasteiger partial charge in [0.2, 0.25) is 0 Å². The summed E-state index contributed by atoms with van der Waals surface area (Å²) in [6.45, 7) is 0. The minimum absolute atomic E-state index is 0.274. The molecular weight excluding hydrogens is 354 g/mol. The van der Waals surface area contributed by atoms with Crippen LogP contribution in [0, 0.1) is 0 Å². The largest absolute Gasteiger partial charge is 0.490 e. The number of rotatable bonds is 3. The predicted octanol–water partition coefficient (Wildman–Crippen LogP) is 4.80. The molecule has 1 aromatic heterocycles. The van der Waals surface area contributed by atoms with E-state index in [4.69, 9.17) is 16.3 Å². The highest BCUT2D eigenvalue weighted by molar-refractivity contribution is 9.10. The Labute approximate surface area is 135 Å². The van der Waals surface area contributed by atoms with Crippen molar-refractivity contribution in [3.05, 3.63) is 52.4 Å². The number of ether oxygens (including phenoxy) is 1. The molecule has 0 bridgehead atoms. The quantitative estimate of drug-likeness (QED) is 0.678. The summed E-state index contributed by atoms with van der Waals surface area (Å²) in [5, 5.41) is 5.71. The fraction of sp³-hybridized carbons (Fsp3) is 0.0667. The Hall–Kier alpha value is -1.85. The molecule has 0 aliphatic carbocycles. The molecular formula is C15H11BrClN3O. The molecule has 0 spiro atoms. The van der Waals surface area contributed by atoms with Crippen LogP contribution in [0.3, 0.4) is 0 Å². The van der Waals surface area contributed by atoms with Crippen molar-refractivity contribution in [2.45, 2.75) is 0 Å². The number of hydrogen-bond acceptors (Lipinski definition) is 4. The van der Waals surface area contributed by atoms with Crippen molar-refractivity contribution in [1.29, 1.82) is 0 Å². The second kappa shape index (κ2) is 5.87. The number of benzene rings is 2. The number of fused-ring (bicyclic) bond motifs is 1. The van der Waals surface area contributed by atoms with Gasteiger partial charge in [-0.15, -0.1) is 0 Å². The van der Waals surface area contributed by atoms with Crippen LogP contribution in [-0.2, 0) is 0 Å². The molecule has 3 aromatic rings. The van der Waals surface area contributed by atoms with Gasteiger partial charge >= 0.3 is 0 Å². The first-order valence-electron chi connectivity index (χ1n) is 6.19. The number of methoxy groups -OCH3 is 1. The van der Waals surface area contributed by atoms with Crippen LogP contribution in [0.5, 0.6) is 5.75 Å². The average Bonchev–Trinajstić information content (AvgIpc) is 2.51. The van der Waals surface area contributed by atoms with E-state index < -0.39 is 0 Å². The van der Waals surface area contributed by atoms with Crippen molar-refractivity contribution in [2.75, 3.05) is 12.4 Å². The monoisotopic (exact) mass is 363 g/mol. The molecule has 21 heavy (non-hydrogen) atoms. The van der Waals surface area contributed by atoms with Crippen LogP contribution < -0.4 is 10.1 Å². The second-order valence-electron chi connectivity index (χ2n) is 4.31. The molecule has 6 heteroatoms. The molecule has 0 saturated heterocycles. The number of halogens is 2. The van der Waals surface area contributed by atoms with E-state index in [0.29, 0.717) is 11.6 Å². The number of nitrogens with zero attached hydrogens (tertiary/aromatic N) is 2. The van der Waals surface area contributed by atoms with Gasteiger partial charge in [0, 0.05) is 15.5 Å². The van der Waals surface area contributed by atoms with Gasteiger partial charge in [-0.1, -0.05) is 51.8 Å². The summed E-state index contributed by atoms with van der Waals surface area (Å²) in [7, 11) is 1.54. The van der Waals surface area contributed by atoms with E-state index in [1.54, 1.807) is 0 Å². The average molecular weight is 365 g/mol. The fourth-order valence-corrected chi connectivity index (χ4v) is 2.81. The first-order chi connectivity index (χ1) is 10.2. The Bertz CT molecular complexity index is 810. The summed E-state index contributed by atoms with van der Waals surface area (Å²) in [6, 6.07) is 12.0. The van der Waals surface area contributed by atoms with Crippen LogP contribution in [0.15, 0.2) is 47.2 Å². The van der Waals surface area contributed by atoms with Crippen molar-refractivity contribution < 1.29 is 4.74 Å². The summed E-state index contributed by atoms with van der Waals surface area (Å²) >= 11 is 9.57. The molecule has 0 saturated carbocycles. The third-order valence-corrected chi connectivity index (χ3v) is 4.05. The maximum Gasteiger partial charge on any atom is 0.199 e. The lowest BCUT2D eigenvalue weighted by atomic mass is 10.1. The van der Waals surface area contributed by atoms with Gasteiger partial charge < -0.3 is 10.1 Å². The molecule has 0 fully saturated rings. The Morgan fingerprint density at radius 3 is 2.62 bits per heavy atom. The van der Waals surface area contributed by atoms with Gasteiger partial charge in [0.15, 0.2) is 16.7 Å². The summed E-state index contributed by atoms with van der Waals surface area (Å²) in [6.07, 6.45) is 1.40. The highest BCUT2D eigenvalue weighted by Gasteiger charge is 2.12. The first-order valence-corrected chi connectivity index (χ1v) is 7.36. The standard InChI is InChI=1S/C15H11BrClN3O/c1-21-13-14(17)18-8-19-15(13)20-12-7-6-11(16)9-4-2-3-5-10(9)12/h2-8H,1H3,(H,18,19,20). The van der Waals surface area contributed by atoms with Gasteiger partial charge in [-0.25, -0.2) is 9.97 Å². The normalized spacial score (nSPS) is 10.6. The topological polar surface area (TPSA) is 47.0 Å². The van der Waals surface area contributed by atoms with Gasteiger partial charge in [-0.05, 0) is 17.5 Å². The second-order valence-corrected chi connectivity index (χ2v) is 5.52. The molecule has 106 valence electrons. The lowest BCUT2D eigenvalue weighted by Crippen LogP contribution is -1.99. The number of aromatic nitrogens is 2. The van der Waals surface area contributed by atoms with Crippen LogP contribution >= 0.6 is 27.5 Å². The van der Waals surface area contributed by atoms with Crippen molar-refractivity contribution in [1.82, 2.24) is 9.97 Å². The van der Waals surface area contributed by atoms with Gasteiger partial charge in [0.1, 0.15) is 6.33 Å². The van der Waals surface area contributed by atoms with E-state index in [-0.39, 0.29) is 5.15 Å². The fourth-order valence-electron chi connectivity index (χ4n) is 2.12. The number of anilines is 2. The molecule has 4 nitrogen and oxygen atoms in total. The summed E-state index contributed by atoms with van der Waals surface area (Å²) in [5.74, 6) is 0.955. The summed E-state index contributed by atoms with van der Waals surface area (Å²) < 4.78 is 6.29. The Morgan fingerprint density at radius 1 is 1.10 bits per heavy atom. The summed E-state index contributed by atoms with van der Waals surface area (Å²) in [4.78, 5) is 8.10. The van der Waals surface area contributed by atoms with Crippen molar-refractivity contribution in [2.24, 2.45) is 0 Å². The lowest BCUT2D eigenvalue weighted by Gasteiger charge is -2.13. The van der Waals surface area contributed by atoms with Crippen LogP contribution in [0.4, 0.5) is 11.5 Å². The van der Waals surface area contributed by atoms with Crippen molar-refractivity contribution >= 4 is 49.8 Å².